The van der Waals surface area contributed by atoms with E-state index in [9.17, 15) is 0 Å². The zero-order chi connectivity index (χ0) is 15.0. The molecule has 0 fully saturated rings. The highest BCUT2D eigenvalue weighted by Gasteiger charge is 2.32. The molecular weight excluding hydrogens is 286 g/mol. The van der Waals surface area contributed by atoms with Crippen molar-refractivity contribution in [2.45, 2.75) is 32.4 Å². The summed E-state index contributed by atoms with van der Waals surface area (Å²) in [5.41, 5.74) is 7.57. The summed E-state index contributed by atoms with van der Waals surface area (Å²) >= 11 is 6.24. The van der Waals surface area contributed by atoms with E-state index < -0.39 is 0 Å². The molecule has 0 unspecified atom stereocenters. The Morgan fingerprint density at radius 1 is 1.24 bits per heavy atom. The quantitative estimate of drug-likeness (QED) is 0.919. The minimum absolute atomic E-state index is 0.209. The lowest BCUT2D eigenvalue weighted by atomic mass is 10.0. The molecule has 2 N–H and O–H groups in total. The molecule has 0 atom stereocenters. The van der Waals surface area contributed by atoms with E-state index in [-0.39, 0.29) is 5.60 Å². The predicted octanol–water partition coefficient (Wildman–Crippen LogP) is 4.30. The van der Waals surface area contributed by atoms with Crippen molar-refractivity contribution in [1.29, 1.82) is 0 Å². The summed E-state index contributed by atoms with van der Waals surface area (Å²) in [7, 11) is 0. The second-order valence-corrected chi connectivity index (χ2v) is 6.22. The van der Waals surface area contributed by atoms with E-state index in [1.54, 1.807) is 6.07 Å². The van der Waals surface area contributed by atoms with Gasteiger partial charge in [0.15, 0.2) is 17.2 Å². The average Bonchev–Trinajstić information content (AvgIpc) is 2.76. The van der Waals surface area contributed by atoms with Gasteiger partial charge in [0.1, 0.15) is 5.60 Å². The van der Waals surface area contributed by atoms with Crippen molar-refractivity contribution in [3.05, 3.63) is 52.5 Å². The molecule has 21 heavy (non-hydrogen) atoms. The fourth-order valence-electron chi connectivity index (χ4n) is 2.61. The molecular formula is C17H18ClNO2. The molecule has 0 radical (unpaired) electrons. The lowest BCUT2D eigenvalue weighted by Crippen LogP contribution is -2.24. The lowest BCUT2D eigenvalue weighted by molar-refractivity contribution is 0.135. The van der Waals surface area contributed by atoms with E-state index in [2.05, 4.69) is 19.9 Å². The number of hydrogen-bond acceptors (Lipinski definition) is 3. The normalized spacial score (nSPS) is 15.4. The van der Waals surface area contributed by atoms with Crippen LogP contribution in [0, 0.1) is 0 Å². The fraction of sp³-hybridized carbons (Fsp3) is 0.294. The smallest absolute Gasteiger partial charge is 0.169 e. The van der Waals surface area contributed by atoms with Gasteiger partial charge in [-0.15, -0.1) is 0 Å². The van der Waals surface area contributed by atoms with Gasteiger partial charge in [-0.05, 0) is 26.0 Å². The second-order valence-electron chi connectivity index (χ2n) is 5.82. The Morgan fingerprint density at radius 2 is 2.00 bits per heavy atom. The summed E-state index contributed by atoms with van der Waals surface area (Å²) in [5.74, 6) is 2.08. The van der Waals surface area contributed by atoms with Gasteiger partial charge in [-0.2, -0.15) is 0 Å². The molecule has 2 aromatic rings. The highest BCUT2D eigenvalue weighted by Crippen LogP contribution is 2.44. The van der Waals surface area contributed by atoms with Crippen LogP contribution in [0.15, 0.2) is 36.4 Å². The highest BCUT2D eigenvalue weighted by molar-refractivity contribution is 6.32. The Labute approximate surface area is 129 Å². The van der Waals surface area contributed by atoms with Gasteiger partial charge in [0.25, 0.3) is 0 Å². The van der Waals surface area contributed by atoms with E-state index in [1.807, 2.05) is 24.3 Å². The molecule has 0 amide bonds. The van der Waals surface area contributed by atoms with E-state index in [1.165, 1.54) is 0 Å². The molecule has 0 aromatic heterocycles. The summed E-state index contributed by atoms with van der Waals surface area (Å²) in [5, 5.41) is 0.549. The van der Waals surface area contributed by atoms with Gasteiger partial charge in [-0.3, -0.25) is 0 Å². The zero-order valence-corrected chi connectivity index (χ0v) is 12.9. The van der Waals surface area contributed by atoms with E-state index in [0.29, 0.717) is 23.1 Å². The van der Waals surface area contributed by atoms with Crippen molar-refractivity contribution in [2.75, 3.05) is 0 Å². The van der Waals surface area contributed by atoms with E-state index in [0.717, 1.165) is 23.3 Å². The van der Waals surface area contributed by atoms with Crippen LogP contribution in [0.25, 0.3) is 0 Å². The molecule has 3 rings (SSSR count). The Bertz CT molecular complexity index is 682. The molecule has 1 aliphatic rings. The predicted molar refractivity (Wildman–Crippen MR) is 84.3 cm³/mol. The van der Waals surface area contributed by atoms with Crippen molar-refractivity contribution in [2.24, 2.45) is 5.73 Å². The Hall–Kier alpha value is -1.71. The molecule has 0 spiro atoms. The van der Waals surface area contributed by atoms with Crippen molar-refractivity contribution >= 4 is 11.6 Å². The van der Waals surface area contributed by atoms with Crippen molar-refractivity contribution in [3.63, 3.8) is 0 Å². The fourth-order valence-corrected chi connectivity index (χ4v) is 2.84. The molecule has 2 aromatic carbocycles. The molecule has 1 heterocycles. The maximum atomic E-state index is 6.24. The van der Waals surface area contributed by atoms with Gasteiger partial charge in [0, 0.05) is 24.1 Å². The molecule has 0 saturated heterocycles. The van der Waals surface area contributed by atoms with E-state index in [4.69, 9.17) is 26.8 Å². The Balaban J connectivity index is 2.00. The summed E-state index contributed by atoms with van der Waals surface area (Å²) in [6, 6.07) is 11.5. The third kappa shape index (κ3) is 2.71. The number of ether oxygens (including phenoxy) is 2. The number of hydrogen-bond donors (Lipinski definition) is 1. The number of para-hydroxylation sites is 2. The SMILES string of the molecule is CC1(C)Cc2cccc(Oc3c(Cl)cccc3CN)c2O1. The van der Waals surface area contributed by atoms with Crippen molar-refractivity contribution < 1.29 is 9.47 Å². The Kier molecular flexibility index (Phi) is 3.56. The number of benzene rings is 2. The van der Waals surface area contributed by atoms with Gasteiger partial charge in [0.2, 0.25) is 0 Å². The molecule has 0 saturated carbocycles. The minimum atomic E-state index is -0.209. The first kappa shape index (κ1) is 14.2. The average molecular weight is 304 g/mol. The zero-order valence-electron chi connectivity index (χ0n) is 12.2. The molecule has 0 bridgehead atoms. The maximum absolute atomic E-state index is 6.24. The van der Waals surface area contributed by atoms with Gasteiger partial charge < -0.3 is 15.2 Å². The first-order chi connectivity index (χ1) is 10.00. The molecule has 4 heteroatoms. The minimum Gasteiger partial charge on any atom is -0.483 e. The third-order valence-electron chi connectivity index (χ3n) is 3.54. The summed E-state index contributed by atoms with van der Waals surface area (Å²) in [6.45, 7) is 4.51. The molecule has 1 aliphatic heterocycles. The first-order valence-corrected chi connectivity index (χ1v) is 7.34. The van der Waals surface area contributed by atoms with Crippen LogP contribution >= 0.6 is 11.6 Å². The number of halogens is 1. The van der Waals surface area contributed by atoms with Crippen LogP contribution in [0.5, 0.6) is 17.2 Å². The number of nitrogens with two attached hydrogens (primary N) is 1. The molecule has 3 nitrogen and oxygen atoms in total. The van der Waals surface area contributed by atoms with Gasteiger partial charge in [-0.1, -0.05) is 35.9 Å². The van der Waals surface area contributed by atoms with Crippen LogP contribution in [0.1, 0.15) is 25.0 Å². The highest BCUT2D eigenvalue weighted by atomic mass is 35.5. The lowest BCUT2D eigenvalue weighted by Gasteiger charge is -2.19. The van der Waals surface area contributed by atoms with Crippen LogP contribution in [0.3, 0.4) is 0 Å². The third-order valence-corrected chi connectivity index (χ3v) is 3.83. The topological polar surface area (TPSA) is 44.5 Å². The van der Waals surface area contributed by atoms with Gasteiger partial charge in [0.05, 0.1) is 5.02 Å². The van der Waals surface area contributed by atoms with Gasteiger partial charge >= 0.3 is 0 Å². The summed E-state index contributed by atoms with van der Waals surface area (Å²) < 4.78 is 12.0. The van der Waals surface area contributed by atoms with Crippen LogP contribution in [0.2, 0.25) is 5.02 Å². The van der Waals surface area contributed by atoms with Crippen molar-refractivity contribution in [1.82, 2.24) is 0 Å². The van der Waals surface area contributed by atoms with Crippen LogP contribution < -0.4 is 15.2 Å². The largest absolute Gasteiger partial charge is 0.483 e. The van der Waals surface area contributed by atoms with Crippen LogP contribution in [-0.4, -0.2) is 5.60 Å². The van der Waals surface area contributed by atoms with Crippen molar-refractivity contribution in [3.8, 4) is 17.2 Å². The number of fused-ring (bicyclic) bond motifs is 1. The van der Waals surface area contributed by atoms with Crippen LogP contribution in [0.4, 0.5) is 0 Å². The molecule has 110 valence electrons. The number of rotatable bonds is 3. The standard InChI is InChI=1S/C17H18ClNO2/c1-17(2)9-11-5-4-8-14(16(11)21-17)20-15-12(10-19)6-3-7-13(15)18/h3-8H,9-10,19H2,1-2H3. The molecule has 0 aliphatic carbocycles. The Morgan fingerprint density at radius 3 is 2.76 bits per heavy atom. The second kappa shape index (κ2) is 5.24. The summed E-state index contributed by atoms with van der Waals surface area (Å²) in [6.07, 6.45) is 0.867. The maximum Gasteiger partial charge on any atom is 0.169 e. The van der Waals surface area contributed by atoms with Crippen LogP contribution in [-0.2, 0) is 13.0 Å². The monoisotopic (exact) mass is 303 g/mol. The van der Waals surface area contributed by atoms with E-state index >= 15 is 0 Å². The summed E-state index contributed by atoms with van der Waals surface area (Å²) in [4.78, 5) is 0. The first-order valence-electron chi connectivity index (χ1n) is 6.96. The van der Waals surface area contributed by atoms with Gasteiger partial charge in [-0.25, -0.2) is 0 Å².